The maximum atomic E-state index is 11.0. The van der Waals surface area contributed by atoms with Crippen molar-refractivity contribution in [2.75, 3.05) is 0 Å². The molecule has 0 saturated carbocycles. The molecule has 1 aliphatic rings. The summed E-state index contributed by atoms with van der Waals surface area (Å²) in [6.45, 7) is 0.646. The monoisotopic (exact) mass is 180 g/mol. The minimum atomic E-state index is -0.437. The molecule has 2 heterocycles. The zero-order valence-corrected chi connectivity index (χ0v) is 7.23. The van der Waals surface area contributed by atoms with E-state index in [9.17, 15) is 4.79 Å². The van der Waals surface area contributed by atoms with E-state index in [0.717, 1.165) is 18.7 Å². The summed E-state index contributed by atoms with van der Waals surface area (Å²) < 4.78 is 1.82. The Balaban J connectivity index is 2.41. The number of aryl methyl sites for hydroxylation is 1. The topological polar surface area (TPSA) is 86.9 Å². The second-order valence-electron chi connectivity index (χ2n) is 3.33. The maximum Gasteiger partial charge on any atom is 0.266 e. The number of rotatable bonds is 1. The standard InChI is InChI=1S/C8H12N4O/c9-5-1-2-7-11-3-6(8(10)13)12(7)4-5/h3,5H,1-2,4,9H2,(H2,10,13). The van der Waals surface area contributed by atoms with Gasteiger partial charge in [-0.2, -0.15) is 0 Å². The number of nitrogens with two attached hydrogens (primary N) is 2. The molecule has 13 heavy (non-hydrogen) atoms. The van der Waals surface area contributed by atoms with Gasteiger partial charge >= 0.3 is 0 Å². The Labute approximate surface area is 75.7 Å². The fraction of sp³-hybridized carbons (Fsp3) is 0.500. The van der Waals surface area contributed by atoms with Crippen LogP contribution < -0.4 is 11.5 Å². The van der Waals surface area contributed by atoms with Gasteiger partial charge in [0.25, 0.3) is 5.91 Å². The number of amides is 1. The Kier molecular flexibility index (Phi) is 1.81. The minimum absolute atomic E-state index is 0.111. The Morgan fingerprint density at radius 1 is 1.69 bits per heavy atom. The summed E-state index contributed by atoms with van der Waals surface area (Å²) in [6.07, 6.45) is 3.28. The van der Waals surface area contributed by atoms with Crippen molar-refractivity contribution >= 4 is 5.91 Å². The Hall–Kier alpha value is -1.36. The number of carbonyl (C=O) groups excluding carboxylic acids is 1. The van der Waals surface area contributed by atoms with E-state index in [4.69, 9.17) is 11.5 Å². The minimum Gasteiger partial charge on any atom is -0.364 e. The van der Waals surface area contributed by atoms with Crippen LogP contribution in [0, 0.1) is 0 Å². The second-order valence-corrected chi connectivity index (χ2v) is 3.33. The lowest BCUT2D eigenvalue weighted by Crippen LogP contribution is -2.34. The molecule has 0 spiro atoms. The molecule has 5 nitrogen and oxygen atoms in total. The van der Waals surface area contributed by atoms with Gasteiger partial charge in [0.2, 0.25) is 0 Å². The Morgan fingerprint density at radius 2 is 2.46 bits per heavy atom. The zero-order chi connectivity index (χ0) is 9.42. The van der Waals surface area contributed by atoms with Crippen LogP contribution in [0.3, 0.4) is 0 Å². The van der Waals surface area contributed by atoms with Crippen molar-refractivity contribution in [1.82, 2.24) is 9.55 Å². The van der Waals surface area contributed by atoms with Crippen molar-refractivity contribution < 1.29 is 4.79 Å². The van der Waals surface area contributed by atoms with E-state index < -0.39 is 5.91 Å². The van der Waals surface area contributed by atoms with E-state index in [1.807, 2.05) is 4.57 Å². The highest BCUT2D eigenvalue weighted by molar-refractivity contribution is 5.91. The highest BCUT2D eigenvalue weighted by Gasteiger charge is 2.20. The Morgan fingerprint density at radius 3 is 3.15 bits per heavy atom. The smallest absolute Gasteiger partial charge is 0.266 e. The number of aromatic nitrogens is 2. The third-order valence-electron chi connectivity index (χ3n) is 2.35. The molecular weight excluding hydrogens is 168 g/mol. The van der Waals surface area contributed by atoms with Crippen molar-refractivity contribution in [2.45, 2.75) is 25.4 Å². The first-order valence-corrected chi connectivity index (χ1v) is 4.28. The Bertz CT molecular complexity index is 344. The number of nitrogens with zero attached hydrogens (tertiary/aromatic N) is 2. The van der Waals surface area contributed by atoms with Crippen LogP contribution in [-0.4, -0.2) is 21.5 Å². The number of hydrogen-bond donors (Lipinski definition) is 2. The lowest BCUT2D eigenvalue weighted by Gasteiger charge is -2.21. The van der Waals surface area contributed by atoms with E-state index >= 15 is 0 Å². The van der Waals surface area contributed by atoms with Crippen LogP contribution in [0.15, 0.2) is 6.20 Å². The van der Waals surface area contributed by atoms with E-state index in [-0.39, 0.29) is 6.04 Å². The molecule has 1 aromatic rings. The van der Waals surface area contributed by atoms with Gasteiger partial charge in [-0.3, -0.25) is 4.79 Å². The van der Waals surface area contributed by atoms with Crippen LogP contribution >= 0.6 is 0 Å². The highest BCUT2D eigenvalue weighted by atomic mass is 16.1. The van der Waals surface area contributed by atoms with Gasteiger partial charge in [-0.1, -0.05) is 0 Å². The first-order valence-electron chi connectivity index (χ1n) is 4.28. The predicted molar refractivity (Wildman–Crippen MR) is 47.0 cm³/mol. The summed E-state index contributed by atoms with van der Waals surface area (Å²) in [5.41, 5.74) is 11.4. The van der Waals surface area contributed by atoms with Gasteiger partial charge in [0.15, 0.2) is 0 Å². The summed E-state index contributed by atoms with van der Waals surface area (Å²) in [5.74, 6) is 0.475. The molecule has 5 heteroatoms. The molecule has 0 aromatic carbocycles. The molecule has 0 aliphatic carbocycles. The van der Waals surface area contributed by atoms with Crippen LogP contribution in [0.2, 0.25) is 0 Å². The van der Waals surface area contributed by atoms with Crippen LogP contribution in [0.25, 0.3) is 0 Å². The summed E-state index contributed by atoms with van der Waals surface area (Å²) >= 11 is 0. The van der Waals surface area contributed by atoms with Crippen LogP contribution in [0.1, 0.15) is 22.7 Å². The van der Waals surface area contributed by atoms with Crippen molar-refractivity contribution in [2.24, 2.45) is 11.5 Å². The largest absolute Gasteiger partial charge is 0.364 e. The quantitative estimate of drug-likeness (QED) is 0.596. The highest BCUT2D eigenvalue weighted by Crippen LogP contribution is 2.14. The number of imidazole rings is 1. The van der Waals surface area contributed by atoms with E-state index in [2.05, 4.69) is 4.98 Å². The van der Waals surface area contributed by atoms with E-state index in [1.54, 1.807) is 0 Å². The third-order valence-corrected chi connectivity index (χ3v) is 2.35. The normalized spacial score (nSPS) is 21.2. The molecule has 0 fully saturated rings. The summed E-state index contributed by atoms with van der Waals surface area (Å²) in [4.78, 5) is 15.1. The molecular formula is C8H12N4O. The second kappa shape index (κ2) is 2.85. The van der Waals surface area contributed by atoms with Gasteiger partial charge in [-0.05, 0) is 6.42 Å². The summed E-state index contributed by atoms with van der Waals surface area (Å²) in [6, 6.07) is 0.111. The van der Waals surface area contributed by atoms with Crippen LogP contribution in [0.4, 0.5) is 0 Å². The van der Waals surface area contributed by atoms with Gasteiger partial charge in [-0.25, -0.2) is 4.98 Å². The molecule has 1 amide bonds. The first kappa shape index (κ1) is 8.25. The van der Waals surface area contributed by atoms with Crippen LogP contribution in [0.5, 0.6) is 0 Å². The molecule has 1 unspecified atom stereocenters. The molecule has 0 radical (unpaired) electrons. The lowest BCUT2D eigenvalue weighted by atomic mass is 10.1. The molecule has 0 saturated heterocycles. The van der Waals surface area contributed by atoms with Crippen LogP contribution in [-0.2, 0) is 13.0 Å². The zero-order valence-electron chi connectivity index (χ0n) is 7.23. The fourth-order valence-corrected chi connectivity index (χ4v) is 1.65. The van der Waals surface area contributed by atoms with Crippen molar-refractivity contribution in [1.29, 1.82) is 0 Å². The molecule has 0 bridgehead atoms. The van der Waals surface area contributed by atoms with E-state index in [1.165, 1.54) is 6.20 Å². The number of primary amides is 1. The molecule has 4 N–H and O–H groups in total. The van der Waals surface area contributed by atoms with Crippen molar-refractivity contribution in [3.63, 3.8) is 0 Å². The number of fused-ring (bicyclic) bond motifs is 1. The maximum absolute atomic E-state index is 11.0. The van der Waals surface area contributed by atoms with Gasteiger partial charge in [-0.15, -0.1) is 0 Å². The third kappa shape index (κ3) is 1.31. The SMILES string of the molecule is NC(=O)c1cnc2n1CC(N)CC2. The predicted octanol–water partition coefficient (Wildman–Crippen LogP) is -0.745. The average molecular weight is 180 g/mol. The molecule has 1 aromatic heterocycles. The van der Waals surface area contributed by atoms with Crippen molar-refractivity contribution in [3.8, 4) is 0 Å². The summed E-state index contributed by atoms with van der Waals surface area (Å²) in [7, 11) is 0. The van der Waals surface area contributed by atoms with Crippen molar-refractivity contribution in [3.05, 3.63) is 17.7 Å². The van der Waals surface area contributed by atoms with E-state index in [0.29, 0.717) is 12.2 Å². The fourth-order valence-electron chi connectivity index (χ4n) is 1.65. The molecule has 70 valence electrons. The lowest BCUT2D eigenvalue weighted by molar-refractivity contribution is 0.0990. The molecule has 2 rings (SSSR count). The number of hydrogen-bond acceptors (Lipinski definition) is 3. The average Bonchev–Trinajstić information content (AvgIpc) is 2.46. The molecule has 1 aliphatic heterocycles. The first-order chi connectivity index (χ1) is 6.18. The summed E-state index contributed by atoms with van der Waals surface area (Å²) in [5, 5.41) is 0. The van der Waals surface area contributed by atoms with Gasteiger partial charge in [0, 0.05) is 19.0 Å². The van der Waals surface area contributed by atoms with Gasteiger partial charge in [0.05, 0.1) is 6.20 Å². The van der Waals surface area contributed by atoms with Gasteiger partial charge in [0.1, 0.15) is 11.5 Å². The molecule has 1 atom stereocenters. The van der Waals surface area contributed by atoms with Gasteiger partial charge < -0.3 is 16.0 Å². The number of carbonyl (C=O) groups is 1.